The van der Waals surface area contributed by atoms with Gasteiger partial charge in [-0.3, -0.25) is 13.9 Å². The predicted octanol–water partition coefficient (Wildman–Crippen LogP) is 1.86. The first-order valence-electron chi connectivity index (χ1n) is 10.8. The van der Waals surface area contributed by atoms with Crippen LogP contribution in [-0.4, -0.2) is 65.8 Å². The van der Waals surface area contributed by atoms with Crippen LogP contribution in [0.15, 0.2) is 58.1 Å². The van der Waals surface area contributed by atoms with Crippen molar-refractivity contribution in [3.63, 3.8) is 0 Å². The van der Waals surface area contributed by atoms with Gasteiger partial charge >= 0.3 is 5.69 Å². The molecular weight excluding hydrogens is 392 g/mol. The highest BCUT2D eigenvalue weighted by Crippen LogP contribution is 2.13. The van der Waals surface area contributed by atoms with Crippen molar-refractivity contribution in [1.29, 1.82) is 0 Å². The molecule has 0 unspecified atom stereocenters. The van der Waals surface area contributed by atoms with Gasteiger partial charge in [-0.25, -0.2) is 4.79 Å². The molecule has 1 fully saturated rings. The lowest BCUT2D eigenvalue weighted by Gasteiger charge is -2.32. The molecule has 0 amide bonds. The highest BCUT2D eigenvalue weighted by Gasteiger charge is 2.16. The number of fused-ring (bicyclic) bond motifs is 1. The first kappa shape index (κ1) is 21.3. The lowest BCUT2D eigenvalue weighted by atomic mass is 10.2. The van der Waals surface area contributed by atoms with E-state index in [1.54, 1.807) is 17.7 Å². The Kier molecular flexibility index (Phi) is 6.53. The summed E-state index contributed by atoms with van der Waals surface area (Å²) in [5.74, 6) is 0.746. The molecule has 2 aromatic carbocycles. The van der Waals surface area contributed by atoms with Gasteiger partial charge in [0.1, 0.15) is 5.75 Å². The minimum Gasteiger partial charge on any atom is -0.497 e. The van der Waals surface area contributed by atoms with E-state index in [0.29, 0.717) is 17.4 Å². The molecule has 2 heterocycles. The first-order chi connectivity index (χ1) is 15.1. The molecule has 3 aromatic rings. The Morgan fingerprint density at radius 1 is 0.871 bits per heavy atom. The van der Waals surface area contributed by atoms with Crippen LogP contribution in [0.4, 0.5) is 0 Å². The minimum atomic E-state index is -0.252. The second-order valence-corrected chi connectivity index (χ2v) is 8.19. The van der Waals surface area contributed by atoms with E-state index in [-0.39, 0.29) is 17.8 Å². The van der Waals surface area contributed by atoms with Gasteiger partial charge in [-0.1, -0.05) is 24.3 Å². The molecule has 7 nitrogen and oxygen atoms in total. The summed E-state index contributed by atoms with van der Waals surface area (Å²) in [5, 5.41) is 0.579. The second-order valence-electron chi connectivity index (χ2n) is 8.19. The van der Waals surface area contributed by atoms with E-state index in [4.69, 9.17) is 4.74 Å². The van der Waals surface area contributed by atoms with Gasteiger partial charge in [0.25, 0.3) is 5.56 Å². The first-order valence-corrected chi connectivity index (χ1v) is 10.8. The number of piperazine rings is 1. The summed E-state index contributed by atoms with van der Waals surface area (Å²) in [6, 6.07) is 14.9. The number of methoxy groups -OCH3 is 1. The van der Waals surface area contributed by atoms with Gasteiger partial charge in [0, 0.05) is 32.7 Å². The molecular formula is C24H30N4O3. The number of likely N-dealkylation sites (N-methyl/N-ethyl adjacent to an activating group) is 1. The highest BCUT2D eigenvalue weighted by molar-refractivity contribution is 5.77. The summed E-state index contributed by atoms with van der Waals surface area (Å²) in [5.41, 5.74) is 1.10. The number of para-hydroxylation sites is 1. The molecule has 1 aromatic heterocycles. The fourth-order valence-electron chi connectivity index (χ4n) is 4.16. The largest absolute Gasteiger partial charge is 0.497 e. The number of aromatic nitrogens is 2. The Morgan fingerprint density at radius 3 is 2.29 bits per heavy atom. The molecule has 0 radical (unpaired) electrons. The number of hydrogen-bond acceptors (Lipinski definition) is 5. The minimum absolute atomic E-state index is 0.241. The highest BCUT2D eigenvalue weighted by atomic mass is 16.5. The van der Waals surface area contributed by atoms with Gasteiger partial charge in [-0.15, -0.1) is 0 Å². The maximum Gasteiger partial charge on any atom is 0.331 e. The van der Waals surface area contributed by atoms with E-state index >= 15 is 0 Å². The number of aryl methyl sites for hydroxylation is 1. The van der Waals surface area contributed by atoms with E-state index in [1.807, 2.05) is 42.5 Å². The summed E-state index contributed by atoms with van der Waals surface area (Å²) < 4.78 is 8.31. The fraction of sp³-hybridized carbons (Fsp3) is 0.417. The van der Waals surface area contributed by atoms with E-state index in [9.17, 15) is 9.59 Å². The monoisotopic (exact) mass is 422 g/mol. The summed E-state index contributed by atoms with van der Waals surface area (Å²) in [7, 11) is 3.76. The van der Waals surface area contributed by atoms with E-state index in [1.165, 1.54) is 4.57 Å². The van der Waals surface area contributed by atoms with E-state index < -0.39 is 0 Å². The van der Waals surface area contributed by atoms with Crippen molar-refractivity contribution in [2.75, 3.05) is 46.9 Å². The molecule has 0 N–H and O–H groups in total. The molecule has 0 aliphatic carbocycles. The van der Waals surface area contributed by atoms with Crippen molar-refractivity contribution >= 4 is 10.9 Å². The summed E-state index contributed by atoms with van der Waals surface area (Å²) in [6.07, 6.45) is 0.869. The molecule has 0 spiro atoms. The maximum absolute atomic E-state index is 13.3. The summed E-state index contributed by atoms with van der Waals surface area (Å²) in [6.45, 7) is 6.06. The van der Waals surface area contributed by atoms with Crippen LogP contribution in [0.3, 0.4) is 0 Å². The third kappa shape index (κ3) is 4.73. The third-order valence-corrected chi connectivity index (χ3v) is 6.08. The topological polar surface area (TPSA) is 59.7 Å². The van der Waals surface area contributed by atoms with Gasteiger partial charge in [-0.2, -0.15) is 0 Å². The number of benzene rings is 2. The van der Waals surface area contributed by atoms with Crippen LogP contribution in [0, 0.1) is 0 Å². The van der Waals surface area contributed by atoms with Gasteiger partial charge in [0.2, 0.25) is 0 Å². The Bertz CT molecular complexity index is 1140. The van der Waals surface area contributed by atoms with Crippen LogP contribution in [0.25, 0.3) is 10.9 Å². The summed E-state index contributed by atoms with van der Waals surface area (Å²) in [4.78, 5) is 31.2. The van der Waals surface area contributed by atoms with Crippen LogP contribution >= 0.6 is 0 Å². The molecule has 0 saturated carbocycles. The molecule has 1 aliphatic heterocycles. The number of rotatable bonds is 7. The van der Waals surface area contributed by atoms with Crippen LogP contribution in [-0.2, 0) is 13.1 Å². The van der Waals surface area contributed by atoms with Gasteiger partial charge < -0.3 is 14.5 Å². The summed E-state index contributed by atoms with van der Waals surface area (Å²) >= 11 is 0. The fourth-order valence-corrected chi connectivity index (χ4v) is 4.16. The maximum atomic E-state index is 13.3. The zero-order valence-electron chi connectivity index (χ0n) is 18.3. The average Bonchev–Trinajstić information content (AvgIpc) is 2.80. The average molecular weight is 423 g/mol. The number of hydrogen-bond donors (Lipinski definition) is 0. The molecule has 1 aliphatic rings. The van der Waals surface area contributed by atoms with Crippen molar-refractivity contribution in [3.05, 3.63) is 74.9 Å². The Labute approximate surface area is 182 Å². The van der Waals surface area contributed by atoms with Crippen molar-refractivity contribution < 1.29 is 4.74 Å². The zero-order valence-corrected chi connectivity index (χ0v) is 18.3. The van der Waals surface area contributed by atoms with Crippen molar-refractivity contribution in [2.24, 2.45) is 0 Å². The smallest absolute Gasteiger partial charge is 0.331 e. The second kappa shape index (κ2) is 9.49. The molecule has 0 atom stereocenters. The normalized spacial score (nSPS) is 15.4. The number of nitrogens with zero attached hydrogens (tertiary/aromatic N) is 4. The molecule has 31 heavy (non-hydrogen) atoms. The molecule has 1 saturated heterocycles. The SMILES string of the molecule is COc1ccc(Cn2c(=O)c3ccccc3n(CCCN3CCN(C)CC3)c2=O)cc1. The van der Waals surface area contributed by atoms with E-state index in [0.717, 1.165) is 50.5 Å². The number of ether oxygens (including phenoxy) is 1. The van der Waals surface area contributed by atoms with Crippen LogP contribution < -0.4 is 16.0 Å². The lowest BCUT2D eigenvalue weighted by Crippen LogP contribution is -2.45. The van der Waals surface area contributed by atoms with Gasteiger partial charge in [0.15, 0.2) is 0 Å². The molecule has 0 bridgehead atoms. The van der Waals surface area contributed by atoms with Crippen molar-refractivity contribution in [3.8, 4) is 5.75 Å². The molecule has 4 rings (SSSR count). The molecule has 164 valence electrons. The standard InChI is InChI=1S/C24H30N4O3/c1-25-14-16-26(17-15-25)12-5-13-27-22-7-4-3-6-21(22)23(29)28(24(27)30)18-19-8-10-20(31-2)11-9-19/h3-4,6-11H,5,12-18H2,1-2H3. The Hall–Kier alpha value is -2.90. The van der Waals surface area contributed by atoms with Crippen LogP contribution in [0.5, 0.6) is 5.75 Å². The van der Waals surface area contributed by atoms with Crippen LogP contribution in [0.1, 0.15) is 12.0 Å². The van der Waals surface area contributed by atoms with Gasteiger partial charge in [0.05, 0.1) is 24.6 Å². The van der Waals surface area contributed by atoms with Crippen molar-refractivity contribution in [2.45, 2.75) is 19.5 Å². The van der Waals surface area contributed by atoms with Crippen molar-refractivity contribution in [1.82, 2.24) is 18.9 Å². The van der Waals surface area contributed by atoms with Gasteiger partial charge in [-0.05, 0) is 49.8 Å². The van der Waals surface area contributed by atoms with E-state index in [2.05, 4.69) is 16.8 Å². The Morgan fingerprint density at radius 2 is 1.58 bits per heavy atom. The molecule has 7 heteroatoms. The third-order valence-electron chi connectivity index (χ3n) is 6.08. The predicted molar refractivity (Wildman–Crippen MR) is 123 cm³/mol. The lowest BCUT2D eigenvalue weighted by molar-refractivity contribution is 0.151. The Balaban J connectivity index is 1.61. The zero-order chi connectivity index (χ0) is 21.8. The van der Waals surface area contributed by atoms with Crippen LogP contribution in [0.2, 0.25) is 0 Å². The quantitative estimate of drug-likeness (QED) is 0.582.